The van der Waals surface area contributed by atoms with Crippen molar-refractivity contribution < 1.29 is 4.42 Å². The van der Waals surface area contributed by atoms with E-state index in [0.29, 0.717) is 24.9 Å². The third-order valence-electron chi connectivity index (χ3n) is 4.59. The van der Waals surface area contributed by atoms with Crippen LogP contribution in [0.25, 0.3) is 11.5 Å². The highest BCUT2D eigenvalue weighted by Gasteiger charge is 2.07. The summed E-state index contributed by atoms with van der Waals surface area (Å²) in [6, 6.07) is 20.2. The van der Waals surface area contributed by atoms with Crippen molar-refractivity contribution in [3.05, 3.63) is 96.1 Å². The molecule has 7 nitrogen and oxygen atoms in total. The van der Waals surface area contributed by atoms with Gasteiger partial charge in [0.25, 0.3) is 0 Å². The molecule has 8 heteroatoms. The van der Waals surface area contributed by atoms with Crippen molar-refractivity contribution in [2.75, 3.05) is 7.05 Å². The molecule has 4 aromatic rings. The van der Waals surface area contributed by atoms with Gasteiger partial charge >= 0.3 is 0 Å². The lowest BCUT2D eigenvalue weighted by molar-refractivity contribution is 0.572. The van der Waals surface area contributed by atoms with Gasteiger partial charge in [-0.2, -0.15) is 5.10 Å². The van der Waals surface area contributed by atoms with Gasteiger partial charge in [0.15, 0.2) is 5.96 Å². The Hall–Kier alpha value is -3.14. The normalized spacial score (nSPS) is 11.1. The summed E-state index contributed by atoms with van der Waals surface area (Å²) < 4.78 is 7.49. The Labute approximate surface area is 198 Å². The van der Waals surface area contributed by atoms with Crippen molar-refractivity contribution in [2.45, 2.75) is 19.6 Å². The molecule has 0 fully saturated rings. The molecule has 0 atom stereocenters. The smallest absolute Gasteiger partial charge is 0.226 e. The summed E-state index contributed by atoms with van der Waals surface area (Å²) in [5, 5.41) is 10.9. The topological polar surface area (TPSA) is 80.3 Å². The van der Waals surface area contributed by atoms with E-state index in [0.717, 1.165) is 17.8 Å². The summed E-state index contributed by atoms with van der Waals surface area (Å²) in [5.41, 5.74) is 4.16. The van der Waals surface area contributed by atoms with Crippen molar-refractivity contribution in [1.82, 2.24) is 25.4 Å². The van der Waals surface area contributed by atoms with Gasteiger partial charge in [-0.3, -0.25) is 9.67 Å². The Balaban J connectivity index is 0.00000272. The monoisotopic (exact) mass is 528 g/mol. The van der Waals surface area contributed by atoms with Gasteiger partial charge < -0.3 is 15.1 Å². The molecule has 31 heavy (non-hydrogen) atoms. The van der Waals surface area contributed by atoms with E-state index in [1.807, 2.05) is 47.3 Å². The lowest BCUT2D eigenvalue weighted by Crippen LogP contribution is -2.36. The van der Waals surface area contributed by atoms with Crippen molar-refractivity contribution in [2.24, 2.45) is 4.99 Å². The Kier molecular flexibility index (Phi) is 8.22. The number of nitrogens with zero attached hydrogens (tertiary/aromatic N) is 4. The summed E-state index contributed by atoms with van der Waals surface area (Å²) in [4.78, 5) is 8.82. The zero-order chi connectivity index (χ0) is 20.6. The van der Waals surface area contributed by atoms with E-state index in [4.69, 9.17) is 4.42 Å². The number of halogens is 1. The van der Waals surface area contributed by atoms with Gasteiger partial charge in [-0.15, -0.1) is 24.0 Å². The number of nitrogens with one attached hydrogen (secondary N) is 2. The Bertz CT molecular complexity index is 1090. The lowest BCUT2D eigenvalue weighted by Gasteiger charge is -2.12. The summed E-state index contributed by atoms with van der Waals surface area (Å²) in [7, 11) is 1.75. The maximum absolute atomic E-state index is 5.58. The van der Waals surface area contributed by atoms with Crippen LogP contribution in [0.4, 0.5) is 0 Å². The molecule has 2 aromatic heterocycles. The van der Waals surface area contributed by atoms with Crippen LogP contribution in [-0.2, 0) is 19.6 Å². The Morgan fingerprint density at radius 1 is 1.00 bits per heavy atom. The molecular weight excluding hydrogens is 503 g/mol. The van der Waals surface area contributed by atoms with Crippen LogP contribution in [0.5, 0.6) is 0 Å². The predicted molar refractivity (Wildman–Crippen MR) is 132 cm³/mol. The van der Waals surface area contributed by atoms with E-state index in [-0.39, 0.29) is 24.0 Å². The van der Waals surface area contributed by atoms with E-state index in [9.17, 15) is 0 Å². The van der Waals surface area contributed by atoms with Crippen LogP contribution in [0.2, 0.25) is 0 Å². The largest absolute Gasteiger partial charge is 0.444 e. The van der Waals surface area contributed by atoms with E-state index >= 15 is 0 Å². The molecule has 0 aliphatic rings. The number of rotatable bonds is 7. The van der Waals surface area contributed by atoms with E-state index in [1.54, 1.807) is 19.5 Å². The zero-order valence-electron chi connectivity index (χ0n) is 17.2. The minimum absolute atomic E-state index is 0. The number of aliphatic imine (C=N–C) groups is 1. The van der Waals surface area contributed by atoms with Crippen molar-refractivity contribution >= 4 is 29.9 Å². The zero-order valence-corrected chi connectivity index (χ0v) is 19.6. The first-order valence-corrected chi connectivity index (χ1v) is 9.80. The average Bonchev–Trinajstić information content (AvgIpc) is 3.47. The quantitative estimate of drug-likeness (QED) is 0.215. The molecule has 4 rings (SSSR count). The minimum Gasteiger partial charge on any atom is -0.444 e. The maximum Gasteiger partial charge on any atom is 0.226 e. The number of benzene rings is 2. The van der Waals surface area contributed by atoms with Crippen molar-refractivity contribution in [1.29, 1.82) is 0 Å². The molecule has 0 aliphatic carbocycles. The second kappa shape index (κ2) is 11.3. The van der Waals surface area contributed by atoms with Gasteiger partial charge in [-0.05, 0) is 29.3 Å². The first-order valence-electron chi connectivity index (χ1n) is 9.80. The van der Waals surface area contributed by atoms with Gasteiger partial charge in [0.2, 0.25) is 5.89 Å². The van der Waals surface area contributed by atoms with Gasteiger partial charge in [0.1, 0.15) is 6.26 Å². The molecular formula is C23H25IN6O. The van der Waals surface area contributed by atoms with Crippen LogP contribution in [0, 0.1) is 0 Å². The number of oxazole rings is 1. The highest BCUT2D eigenvalue weighted by molar-refractivity contribution is 14.0. The van der Waals surface area contributed by atoms with E-state index < -0.39 is 0 Å². The first kappa shape index (κ1) is 22.5. The summed E-state index contributed by atoms with van der Waals surface area (Å²) in [5.74, 6) is 1.32. The number of aromatic nitrogens is 3. The van der Waals surface area contributed by atoms with Crippen molar-refractivity contribution in [3.8, 4) is 11.5 Å². The molecule has 0 aliphatic heterocycles. The molecule has 160 valence electrons. The highest BCUT2D eigenvalue weighted by atomic mass is 127. The highest BCUT2D eigenvalue weighted by Crippen LogP contribution is 2.17. The molecule has 0 radical (unpaired) electrons. The second-order valence-electron chi connectivity index (χ2n) is 6.81. The number of hydrogen-bond donors (Lipinski definition) is 2. The van der Waals surface area contributed by atoms with Crippen LogP contribution < -0.4 is 10.6 Å². The molecule has 0 bridgehead atoms. The van der Waals surface area contributed by atoms with Crippen LogP contribution in [0.1, 0.15) is 16.8 Å². The third-order valence-corrected chi connectivity index (χ3v) is 4.59. The third kappa shape index (κ3) is 6.42. The number of hydrogen-bond acceptors (Lipinski definition) is 4. The summed E-state index contributed by atoms with van der Waals surface area (Å²) >= 11 is 0. The molecule has 0 saturated carbocycles. The molecule has 2 N–H and O–H groups in total. The summed E-state index contributed by atoms with van der Waals surface area (Å²) in [6.45, 7) is 1.94. The van der Waals surface area contributed by atoms with Crippen LogP contribution in [-0.4, -0.2) is 27.8 Å². The van der Waals surface area contributed by atoms with Crippen molar-refractivity contribution in [3.63, 3.8) is 0 Å². The minimum atomic E-state index is 0. The van der Waals surface area contributed by atoms with Gasteiger partial charge in [-0.25, -0.2) is 4.98 Å². The molecule has 2 heterocycles. The fraction of sp³-hybridized carbons (Fsp3) is 0.174. The number of guanidine groups is 1. The van der Waals surface area contributed by atoms with E-state index in [1.165, 1.54) is 11.1 Å². The maximum atomic E-state index is 5.58. The van der Waals surface area contributed by atoms with Gasteiger partial charge in [0, 0.05) is 31.5 Å². The average molecular weight is 528 g/mol. The van der Waals surface area contributed by atoms with Gasteiger partial charge in [0.05, 0.1) is 18.8 Å². The summed E-state index contributed by atoms with van der Waals surface area (Å²) in [6.07, 6.45) is 5.42. The lowest BCUT2D eigenvalue weighted by atomic mass is 10.1. The molecule has 2 aromatic carbocycles. The SMILES string of the molecule is CN=C(NCc1cccc(Cn2cccn2)c1)NCc1coc(-c2ccccc2)n1.I. The first-order chi connectivity index (χ1) is 14.8. The standard InChI is InChI=1S/C23H24N6O.HI/c1-24-23(26-15-21-17-30-22(28-21)20-9-3-2-4-10-20)25-14-18-7-5-8-19(13-18)16-29-12-6-11-27-29;/h2-13,17H,14-16H2,1H3,(H2,24,25,26);1H. The molecule has 0 saturated heterocycles. The molecule has 0 amide bonds. The molecule has 0 unspecified atom stereocenters. The van der Waals surface area contributed by atoms with Crippen LogP contribution in [0.15, 0.2) is 88.7 Å². The second-order valence-corrected chi connectivity index (χ2v) is 6.81. The van der Waals surface area contributed by atoms with Gasteiger partial charge in [-0.1, -0.05) is 42.5 Å². The molecule has 0 spiro atoms. The van der Waals surface area contributed by atoms with Crippen LogP contribution >= 0.6 is 24.0 Å². The fourth-order valence-corrected chi connectivity index (χ4v) is 3.10. The Morgan fingerprint density at radius 3 is 2.58 bits per heavy atom. The fourth-order valence-electron chi connectivity index (χ4n) is 3.10. The van der Waals surface area contributed by atoms with Crippen LogP contribution in [0.3, 0.4) is 0 Å². The Morgan fingerprint density at radius 2 is 1.81 bits per heavy atom. The van der Waals surface area contributed by atoms with E-state index in [2.05, 4.69) is 50.0 Å². The predicted octanol–water partition coefficient (Wildman–Crippen LogP) is 4.07.